The lowest BCUT2D eigenvalue weighted by Crippen LogP contribution is -2.31. The van der Waals surface area contributed by atoms with Crippen LogP contribution in [0, 0.1) is 5.82 Å². The van der Waals surface area contributed by atoms with Crippen LogP contribution in [-0.4, -0.2) is 37.1 Å². The molecule has 19 heavy (non-hydrogen) atoms. The minimum Gasteiger partial charge on any atom is -0.447 e. The van der Waals surface area contributed by atoms with Gasteiger partial charge in [0.05, 0.1) is 17.3 Å². The number of ether oxygens (including phenoxy) is 1. The Morgan fingerprint density at radius 2 is 2.21 bits per heavy atom. The Balaban J connectivity index is 2.35. The van der Waals surface area contributed by atoms with Gasteiger partial charge in [0.1, 0.15) is 12.4 Å². The SMILES string of the molecule is O=CN1CCOC(=O)Nc2ccc(Cl)c(F)c2CC1. The summed E-state index contributed by atoms with van der Waals surface area (Å²) >= 11 is 5.72. The average Bonchev–Trinajstić information content (AvgIpc) is 2.40. The van der Waals surface area contributed by atoms with E-state index in [1.54, 1.807) is 0 Å². The van der Waals surface area contributed by atoms with Gasteiger partial charge < -0.3 is 9.64 Å². The van der Waals surface area contributed by atoms with Crippen LogP contribution in [0.15, 0.2) is 12.1 Å². The lowest BCUT2D eigenvalue weighted by Gasteiger charge is -2.21. The molecule has 0 atom stereocenters. The monoisotopic (exact) mass is 286 g/mol. The number of nitrogens with one attached hydrogen (secondary N) is 1. The molecule has 0 aliphatic carbocycles. The van der Waals surface area contributed by atoms with Crippen LogP contribution < -0.4 is 5.32 Å². The summed E-state index contributed by atoms with van der Waals surface area (Å²) in [5.41, 5.74) is 0.567. The molecule has 0 unspecified atom stereocenters. The zero-order valence-corrected chi connectivity index (χ0v) is 10.7. The van der Waals surface area contributed by atoms with E-state index in [2.05, 4.69) is 5.32 Å². The van der Waals surface area contributed by atoms with Crippen LogP contribution >= 0.6 is 11.6 Å². The second kappa shape index (κ2) is 5.88. The van der Waals surface area contributed by atoms with Crippen LogP contribution in [0.25, 0.3) is 0 Å². The van der Waals surface area contributed by atoms with Crippen LogP contribution in [0.2, 0.25) is 5.02 Å². The van der Waals surface area contributed by atoms with E-state index in [0.29, 0.717) is 18.6 Å². The van der Waals surface area contributed by atoms with Crippen LogP contribution in [-0.2, 0) is 16.0 Å². The molecule has 0 spiro atoms. The maximum Gasteiger partial charge on any atom is 0.411 e. The smallest absolute Gasteiger partial charge is 0.411 e. The van der Waals surface area contributed by atoms with Crippen molar-refractivity contribution in [1.82, 2.24) is 4.90 Å². The first-order valence-corrected chi connectivity index (χ1v) is 6.09. The highest BCUT2D eigenvalue weighted by Gasteiger charge is 2.17. The molecule has 1 N–H and O–H groups in total. The van der Waals surface area contributed by atoms with Gasteiger partial charge in [-0.15, -0.1) is 0 Å². The van der Waals surface area contributed by atoms with Crippen LogP contribution in [0.1, 0.15) is 5.56 Å². The van der Waals surface area contributed by atoms with Gasteiger partial charge in [0.2, 0.25) is 6.41 Å². The van der Waals surface area contributed by atoms with Crippen molar-refractivity contribution < 1.29 is 18.7 Å². The molecule has 0 saturated heterocycles. The van der Waals surface area contributed by atoms with E-state index in [0.717, 1.165) is 0 Å². The van der Waals surface area contributed by atoms with Gasteiger partial charge in [-0.25, -0.2) is 9.18 Å². The molecule has 0 bridgehead atoms. The largest absolute Gasteiger partial charge is 0.447 e. The molecule has 1 heterocycles. The summed E-state index contributed by atoms with van der Waals surface area (Å²) in [6, 6.07) is 2.87. The molecule has 2 amide bonds. The number of halogens is 2. The van der Waals surface area contributed by atoms with Gasteiger partial charge in [-0.1, -0.05) is 11.6 Å². The third kappa shape index (κ3) is 3.14. The molecule has 102 valence electrons. The Hall–Kier alpha value is -1.82. The number of amides is 2. The molecule has 7 heteroatoms. The molecule has 5 nitrogen and oxygen atoms in total. The van der Waals surface area contributed by atoms with E-state index in [4.69, 9.17) is 16.3 Å². The number of benzene rings is 1. The van der Waals surface area contributed by atoms with Gasteiger partial charge in [-0.05, 0) is 18.6 Å². The molecule has 0 saturated carbocycles. The number of rotatable bonds is 1. The maximum atomic E-state index is 14.0. The molecule has 1 aromatic carbocycles. The Bertz CT molecular complexity index is 510. The van der Waals surface area contributed by atoms with Gasteiger partial charge in [-0.2, -0.15) is 0 Å². The molecule has 2 rings (SSSR count). The normalized spacial score (nSPS) is 16.1. The molecule has 0 radical (unpaired) electrons. The maximum absolute atomic E-state index is 14.0. The van der Waals surface area contributed by atoms with Gasteiger partial charge >= 0.3 is 6.09 Å². The molecule has 0 fully saturated rings. The summed E-state index contributed by atoms with van der Waals surface area (Å²) in [5.74, 6) is -0.592. The Labute approximate surface area is 114 Å². The molecule has 1 aliphatic heterocycles. The summed E-state index contributed by atoms with van der Waals surface area (Å²) in [7, 11) is 0. The average molecular weight is 287 g/mol. The number of carbonyl (C=O) groups excluding carboxylic acids is 2. The van der Waals surface area contributed by atoms with Crippen molar-refractivity contribution >= 4 is 29.8 Å². The van der Waals surface area contributed by atoms with Gasteiger partial charge in [-0.3, -0.25) is 10.1 Å². The number of fused-ring (bicyclic) bond motifs is 1. The fraction of sp³-hybridized carbons (Fsp3) is 0.333. The fourth-order valence-electron chi connectivity index (χ4n) is 1.83. The third-order valence-electron chi connectivity index (χ3n) is 2.84. The highest BCUT2D eigenvalue weighted by Crippen LogP contribution is 2.26. The summed E-state index contributed by atoms with van der Waals surface area (Å²) in [5, 5.41) is 2.44. The summed E-state index contributed by atoms with van der Waals surface area (Å²) in [4.78, 5) is 23.7. The number of nitrogens with zero attached hydrogens (tertiary/aromatic N) is 1. The van der Waals surface area contributed by atoms with Crippen molar-refractivity contribution in [2.75, 3.05) is 25.0 Å². The van der Waals surface area contributed by atoms with Crippen molar-refractivity contribution in [1.29, 1.82) is 0 Å². The quantitative estimate of drug-likeness (QED) is 0.804. The van der Waals surface area contributed by atoms with Crippen molar-refractivity contribution in [3.8, 4) is 0 Å². The van der Waals surface area contributed by atoms with Crippen molar-refractivity contribution in [3.63, 3.8) is 0 Å². The summed E-state index contributed by atoms with van der Waals surface area (Å²) in [6.07, 6.45) is 0.224. The van der Waals surface area contributed by atoms with E-state index < -0.39 is 11.9 Å². The molecular formula is C12H12ClFN2O3. The first-order chi connectivity index (χ1) is 9.11. The van der Waals surface area contributed by atoms with Crippen LogP contribution in [0.3, 0.4) is 0 Å². The van der Waals surface area contributed by atoms with Crippen LogP contribution in [0.5, 0.6) is 0 Å². The number of hydrogen-bond donors (Lipinski definition) is 1. The number of anilines is 1. The van der Waals surface area contributed by atoms with E-state index in [-0.39, 0.29) is 30.2 Å². The second-order valence-electron chi connectivity index (χ2n) is 4.04. The van der Waals surface area contributed by atoms with Gasteiger partial charge in [0.25, 0.3) is 0 Å². The Kier molecular flexibility index (Phi) is 4.21. The van der Waals surface area contributed by atoms with Crippen molar-refractivity contribution in [3.05, 3.63) is 28.5 Å². The third-order valence-corrected chi connectivity index (χ3v) is 3.13. The standard InChI is InChI=1S/C12H12ClFN2O3/c13-9-1-2-10-8(11(9)14)3-4-16(7-17)5-6-19-12(18)15-10/h1-2,7H,3-6H2,(H,15,18). The summed E-state index contributed by atoms with van der Waals surface area (Å²) < 4.78 is 18.8. The predicted molar refractivity (Wildman–Crippen MR) is 67.7 cm³/mol. The van der Waals surface area contributed by atoms with E-state index in [9.17, 15) is 14.0 Å². The Morgan fingerprint density at radius 1 is 1.42 bits per heavy atom. The van der Waals surface area contributed by atoms with E-state index in [1.165, 1.54) is 17.0 Å². The van der Waals surface area contributed by atoms with Crippen LogP contribution in [0.4, 0.5) is 14.9 Å². The molecule has 0 aromatic heterocycles. The van der Waals surface area contributed by atoms with Crippen molar-refractivity contribution in [2.45, 2.75) is 6.42 Å². The van der Waals surface area contributed by atoms with Crippen molar-refractivity contribution in [2.24, 2.45) is 0 Å². The first-order valence-electron chi connectivity index (χ1n) is 5.72. The minimum absolute atomic E-state index is 0.0244. The minimum atomic E-state index is -0.685. The summed E-state index contributed by atoms with van der Waals surface area (Å²) in [6.45, 7) is 0.692. The second-order valence-corrected chi connectivity index (χ2v) is 4.45. The zero-order chi connectivity index (χ0) is 13.8. The lowest BCUT2D eigenvalue weighted by atomic mass is 10.1. The Morgan fingerprint density at radius 3 is 2.95 bits per heavy atom. The lowest BCUT2D eigenvalue weighted by molar-refractivity contribution is -0.118. The van der Waals surface area contributed by atoms with Gasteiger partial charge in [0.15, 0.2) is 0 Å². The van der Waals surface area contributed by atoms with Gasteiger partial charge in [0, 0.05) is 12.1 Å². The van der Waals surface area contributed by atoms with E-state index >= 15 is 0 Å². The first kappa shape index (κ1) is 13.6. The number of carbonyl (C=O) groups is 2. The predicted octanol–water partition coefficient (Wildman–Crippen LogP) is 2.04. The molecule has 1 aromatic rings. The highest BCUT2D eigenvalue weighted by atomic mass is 35.5. The number of hydrogen-bond acceptors (Lipinski definition) is 3. The highest BCUT2D eigenvalue weighted by molar-refractivity contribution is 6.30. The molecule has 1 aliphatic rings. The molecular weight excluding hydrogens is 275 g/mol. The topological polar surface area (TPSA) is 58.6 Å². The van der Waals surface area contributed by atoms with E-state index in [1.807, 2.05) is 0 Å². The fourth-order valence-corrected chi connectivity index (χ4v) is 2.01. The number of cyclic esters (lactones) is 1. The zero-order valence-electron chi connectivity index (χ0n) is 9.99.